The van der Waals surface area contributed by atoms with Gasteiger partial charge in [0.2, 0.25) is 0 Å². The minimum absolute atomic E-state index is 0.221. The fourth-order valence-electron chi connectivity index (χ4n) is 3.65. The molecule has 3 rings (SSSR count). The van der Waals surface area contributed by atoms with Crippen molar-refractivity contribution in [2.75, 3.05) is 6.61 Å². The smallest absolute Gasteiger partial charge is 0.378 e. The van der Waals surface area contributed by atoms with Crippen LogP contribution in [0.3, 0.4) is 0 Å². The van der Waals surface area contributed by atoms with Crippen LogP contribution in [0.25, 0.3) is 11.1 Å². The van der Waals surface area contributed by atoms with Gasteiger partial charge in [-0.2, -0.15) is 13.2 Å². The summed E-state index contributed by atoms with van der Waals surface area (Å²) in [6.07, 6.45) is -2.44. The Balaban J connectivity index is 2.03. The Labute approximate surface area is 162 Å². The molecule has 0 spiro atoms. The molecule has 0 aliphatic heterocycles. The molecule has 0 N–H and O–H groups in total. The van der Waals surface area contributed by atoms with Gasteiger partial charge in [0.05, 0.1) is 21.8 Å². The molecule has 1 heterocycles. The highest BCUT2D eigenvalue weighted by atomic mass is 32.2. The number of hydrogen-bond acceptors (Lipinski definition) is 4. The Morgan fingerprint density at radius 1 is 1.14 bits per heavy atom. The van der Waals surface area contributed by atoms with E-state index in [1.807, 2.05) is 6.92 Å². The molecule has 0 bridgehead atoms. The first-order chi connectivity index (χ1) is 13.1. The number of aromatic nitrogens is 1. The Morgan fingerprint density at radius 3 is 2.50 bits per heavy atom. The van der Waals surface area contributed by atoms with Crippen LogP contribution in [0.1, 0.15) is 37.4 Å². The summed E-state index contributed by atoms with van der Waals surface area (Å²) < 4.78 is 72.6. The first-order valence-electron chi connectivity index (χ1n) is 9.12. The van der Waals surface area contributed by atoms with Crippen LogP contribution in [-0.4, -0.2) is 31.4 Å². The van der Waals surface area contributed by atoms with E-state index in [9.17, 15) is 21.6 Å². The van der Waals surface area contributed by atoms with E-state index in [1.54, 1.807) is 19.1 Å². The van der Waals surface area contributed by atoms with Crippen LogP contribution in [0.2, 0.25) is 0 Å². The topological polar surface area (TPSA) is 56.3 Å². The van der Waals surface area contributed by atoms with Gasteiger partial charge in [-0.15, -0.1) is 0 Å². The minimum atomic E-state index is -4.78. The van der Waals surface area contributed by atoms with E-state index < -0.39 is 31.7 Å². The summed E-state index contributed by atoms with van der Waals surface area (Å²) in [5.74, 6) is 0. The van der Waals surface area contributed by atoms with E-state index in [2.05, 4.69) is 4.98 Å². The summed E-state index contributed by atoms with van der Waals surface area (Å²) in [6, 6.07) is 6.67. The SMILES string of the molecule is CCO[C@H]1CC[C@H](S(=O)(=O)c2ccc(-c3ccnc(C)c3)cc2C(F)(F)F)C1. The van der Waals surface area contributed by atoms with Gasteiger partial charge in [0, 0.05) is 18.5 Å². The minimum Gasteiger partial charge on any atom is -0.378 e. The largest absolute Gasteiger partial charge is 0.417 e. The molecule has 1 aliphatic carbocycles. The second-order valence-corrected chi connectivity index (χ2v) is 9.15. The molecule has 0 saturated heterocycles. The van der Waals surface area contributed by atoms with E-state index >= 15 is 0 Å². The fraction of sp³-hybridized carbons (Fsp3) is 0.450. The van der Waals surface area contributed by atoms with Crippen molar-refractivity contribution < 1.29 is 26.3 Å². The van der Waals surface area contributed by atoms with Crippen molar-refractivity contribution in [3.63, 3.8) is 0 Å². The van der Waals surface area contributed by atoms with Crippen LogP contribution in [0, 0.1) is 6.92 Å². The summed E-state index contributed by atoms with van der Waals surface area (Å²) in [5, 5.41) is -0.862. The van der Waals surface area contributed by atoms with Crippen molar-refractivity contribution in [2.45, 2.75) is 55.5 Å². The molecule has 0 amide bonds. The highest BCUT2D eigenvalue weighted by molar-refractivity contribution is 7.92. The van der Waals surface area contributed by atoms with Gasteiger partial charge in [0.25, 0.3) is 0 Å². The Hall–Kier alpha value is -1.93. The predicted octanol–water partition coefficient (Wildman–Crippen LogP) is 4.81. The van der Waals surface area contributed by atoms with Gasteiger partial charge in [-0.1, -0.05) is 6.07 Å². The third-order valence-corrected chi connectivity index (χ3v) is 7.27. The van der Waals surface area contributed by atoms with E-state index in [0.717, 1.165) is 12.1 Å². The second kappa shape index (κ2) is 7.83. The van der Waals surface area contributed by atoms with Crippen LogP contribution in [0.4, 0.5) is 13.2 Å². The monoisotopic (exact) mass is 413 g/mol. The van der Waals surface area contributed by atoms with Crippen LogP contribution in [0.5, 0.6) is 0 Å². The average Bonchev–Trinajstić information content (AvgIpc) is 3.10. The first-order valence-corrected chi connectivity index (χ1v) is 10.7. The lowest BCUT2D eigenvalue weighted by Gasteiger charge is -2.18. The Bertz CT molecular complexity index is 957. The number of rotatable bonds is 5. The third kappa shape index (κ3) is 4.22. The fourth-order valence-corrected chi connectivity index (χ4v) is 5.67. The standard InChI is InChI=1S/C20H22F3NO3S/c1-3-27-16-5-6-17(12-16)28(25,26)19-7-4-14(11-18(19)20(21,22)23)15-8-9-24-13(2)10-15/h4,7-11,16-17H,3,5-6,12H2,1-2H3/t16-,17-/m0/s1. The van der Waals surface area contributed by atoms with Gasteiger partial charge in [0.1, 0.15) is 0 Å². The molecule has 8 heteroatoms. The summed E-state index contributed by atoms with van der Waals surface area (Å²) in [5.41, 5.74) is 0.393. The maximum absolute atomic E-state index is 13.7. The van der Waals surface area contributed by atoms with E-state index in [-0.39, 0.29) is 12.5 Å². The van der Waals surface area contributed by atoms with E-state index in [4.69, 9.17) is 4.74 Å². The molecule has 28 heavy (non-hydrogen) atoms. The zero-order valence-corrected chi connectivity index (χ0v) is 16.5. The van der Waals surface area contributed by atoms with Gasteiger partial charge in [-0.25, -0.2) is 8.42 Å². The predicted molar refractivity (Wildman–Crippen MR) is 99.7 cm³/mol. The van der Waals surface area contributed by atoms with Crippen LogP contribution in [-0.2, 0) is 20.8 Å². The van der Waals surface area contributed by atoms with Crippen LogP contribution >= 0.6 is 0 Å². The number of hydrogen-bond donors (Lipinski definition) is 0. The normalized spacial score (nSPS) is 20.5. The summed E-state index contributed by atoms with van der Waals surface area (Å²) >= 11 is 0. The van der Waals surface area contributed by atoms with Crippen LogP contribution < -0.4 is 0 Å². The first kappa shape index (κ1) is 20.8. The van der Waals surface area contributed by atoms with Gasteiger partial charge in [-0.3, -0.25) is 4.98 Å². The maximum atomic E-state index is 13.7. The van der Waals surface area contributed by atoms with Gasteiger partial charge in [-0.05, 0) is 68.5 Å². The molecule has 0 radical (unpaired) electrons. The number of ether oxygens (including phenoxy) is 1. The molecule has 152 valence electrons. The maximum Gasteiger partial charge on any atom is 0.417 e. The molecule has 0 unspecified atom stereocenters. The number of halogens is 3. The number of aryl methyl sites for hydroxylation is 1. The molecule has 4 nitrogen and oxygen atoms in total. The zero-order valence-electron chi connectivity index (χ0n) is 15.7. The second-order valence-electron chi connectivity index (χ2n) is 6.95. The van der Waals surface area contributed by atoms with Gasteiger partial charge >= 0.3 is 6.18 Å². The highest BCUT2D eigenvalue weighted by Gasteiger charge is 2.42. The molecule has 1 aliphatic rings. The van der Waals surface area contributed by atoms with Crippen molar-refractivity contribution >= 4 is 9.84 Å². The summed E-state index contributed by atoms with van der Waals surface area (Å²) in [4.78, 5) is 3.38. The highest BCUT2D eigenvalue weighted by Crippen LogP contribution is 2.40. The molecular formula is C20H22F3NO3S. The lowest BCUT2D eigenvalue weighted by atomic mass is 10.0. The van der Waals surface area contributed by atoms with Crippen molar-refractivity contribution in [1.29, 1.82) is 0 Å². The van der Waals surface area contributed by atoms with Crippen molar-refractivity contribution in [1.82, 2.24) is 4.98 Å². The van der Waals surface area contributed by atoms with E-state index in [1.165, 1.54) is 12.3 Å². The number of sulfone groups is 1. The van der Waals surface area contributed by atoms with Gasteiger partial charge in [0.15, 0.2) is 9.84 Å². The van der Waals surface area contributed by atoms with Crippen LogP contribution in [0.15, 0.2) is 41.4 Å². The quantitative estimate of drug-likeness (QED) is 0.706. The lowest BCUT2D eigenvalue weighted by Crippen LogP contribution is -2.23. The van der Waals surface area contributed by atoms with Crippen molar-refractivity contribution in [3.8, 4) is 11.1 Å². The summed E-state index contributed by atoms with van der Waals surface area (Å²) in [6.45, 7) is 4.00. The number of alkyl halides is 3. The molecule has 1 aromatic heterocycles. The Kier molecular flexibility index (Phi) is 5.82. The third-order valence-electron chi connectivity index (χ3n) is 5.00. The lowest BCUT2D eigenvalue weighted by molar-refractivity contribution is -0.139. The molecule has 1 fully saturated rings. The number of pyridine rings is 1. The Morgan fingerprint density at radius 2 is 1.86 bits per heavy atom. The molecule has 2 atom stereocenters. The molecule has 1 saturated carbocycles. The number of benzene rings is 1. The number of nitrogens with zero attached hydrogens (tertiary/aromatic N) is 1. The van der Waals surface area contributed by atoms with Crippen molar-refractivity contribution in [3.05, 3.63) is 47.8 Å². The zero-order chi connectivity index (χ0) is 20.5. The van der Waals surface area contributed by atoms with E-state index in [0.29, 0.717) is 36.3 Å². The average molecular weight is 413 g/mol. The molecule has 1 aromatic carbocycles. The van der Waals surface area contributed by atoms with Gasteiger partial charge < -0.3 is 4.74 Å². The molecular weight excluding hydrogens is 391 g/mol. The molecule has 2 aromatic rings. The van der Waals surface area contributed by atoms with Crippen molar-refractivity contribution in [2.24, 2.45) is 0 Å². The summed E-state index contributed by atoms with van der Waals surface area (Å²) in [7, 11) is -4.12.